The number of H-pyrrole nitrogens is 1. The van der Waals surface area contributed by atoms with Gasteiger partial charge in [-0.15, -0.1) is 16.4 Å². The molecule has 0 unspecified atom stereocenters. The summed E-state index contributed by atoms with van der Waals surface area (Å²) < 4.78 is 5.13. The molecule has 26 heavy (non-hydrogen) atoms. The van der Waals surface area contributed by atoms with Crippen LogP contribution in [0.4, 0.5) is 5.00 Å². The number of methoxy groups -OCH3 is 1. The number of hydrogen-bond donors (Lipinski definition) is 2. The number of ether oxygens (including phenoxy) is 1. The minimum atomic E-state index is -0.414. The lowest BCUT2D eigenvalue weighted by Gasteiger charge is -2.08. The number of rotatable bonds is 6. The third-order valence-corrected chi connectivity index (χ3v) is 5.29. The van der Waals surface area contributed by atoms with Gasteiger partial charge < -0.3 is 10.1 Å². The molecule has 2 N–H and O–H groups in total. The molecule has 0 bridgehead atoms. The van der Waals surface area contributed by atoms with Crippen molar-refractivity contribution >= 4 is 34.0 Å². The first-order chi connectivity index (χ1) is 12.6. The Morgan fingerprint density at radius 3 is 2.85 bits per heavy atom. The molecule has 132 valence electrons. The van der Waals surface area contributed by atoms with Crippen LogP contribution in [0.2, 0.25) is 0 Å². The largest absolute Gasteiger partial charge is 0.497 e. The number of aromatic nitrogens is 3. The highest BCUT2D eigenvalue weighted by molar-refractivity contribution is 8.00. The van der Waals surface area contributed by atoms with E-state index in [1.807, 2.05) is 30.3 Å². The molecule has 0 spiro atoms. The molecule has 0 aliphatic rings. The van der Waals surface area contributed by atoms with E-state index in [9.17, 15) is 4.79 Å². The molecule has 7 nitrogen and oxygen atoms in total. The minimum Gasteiger partial charge on any atom is -0.497 e. The fraction of sp³-hybridized carbons (Fsp3) is 0.176. The number of nitriles is 1. The Labute approximate surface area is 158 Å². The van der Waals surface area contributed by atoms with E-state index in [-0.39, 0.29) is 5.91 Å². The average Bonchev–Trinajstić information content (AvgIpc) is 3.31. The Morgan fingerprint density at radius 1 is 1.38 bits per heavy atom. The molecule has 0 saturated carbocycles. The maximum Gasteiger partial charge on any atom is 0.238 e. The second-order valence-electron chi connectivity index (χ2n) is 5.22. The number of nitrogens with zero attached hydrogens (tertiary/aromatic N) is 3. The zero-order chi connectivity index (χ0) is 18.5. The summed E-state index contributed by atoms with van der Waals surface area (Å²) in [6, 6.07) is 11.2. The standard InChI is InChI=1S/C17H15N5O2S2/c1-10(15(23)20-16-12(9-18)7-8-25-16)26-17-19-14(21-22-17)11-3-5-13(24-2)6-4-11/h3-8,10H,1-2H3,(H,20,23)(H,19,21,22)/t10-/m0/s1. The minimum absolute atomic E-state index is 0.204. The molecule has 1 amide bonds. The molecule has 3 aromatic rings. The van der Waals surface area contributed by atoms with Gasteiger partial charge in [0.15, 0.2) is 5.82 Å². The summed E-state index contributed by atoms with van der Waals surface area (Å²) >= 11 is 2.56. The number of carbonyl (C=O) groups is 1. The molecule has 0 fully saturated rings. The Kier molecular flexibility index (Phi) is 5.55. The Balaban J connectivity index is 1.64. The summed E-state index contributed by atoms with van der Waals surface area (Å²) in [5.41, 5.74) is 1.33. The summed E-state index contributed by atoms with van der Waals surface area (Å²) in [6.45, 7) is 1.77. The third-order valence-electron chi connectivity index (χ3n) is 3.50. The van der Waals surface area contributed by atoms with Crippen LogP contribution >= 0.6 is 23.1 Å². The highest BCUT2D eigenvalue weighted by atomic mass is 32.2. The van der Waals surface area contributed by atoms with Gasteiger partial charge in [0.1, 0.15) is 16.8 Å². The van der Waals surface area contributed by atoms with Crippen molar-refractivity contribution in [1.82, 2.24) is 15.2 Å². The van der Waals surface area contributed by atoms with Crippen LogP contribution in [0.25, 0.3) is 11.4 Å². The maximum absolute atomic E-state index is 12.3. The lowest BCUT2D eigenvalue weighted by Crippen LogP contribution is -2.22. The number of aromatic amines is 1. The zero-order valence-corrected chi connectivity index (χ0v) is 15.6. The van der Waals surface area contributed by atoms with Crippen LogP contribution in [0.5, 0.6) is 5.75 Å². The van der Waals surface area contributed by atoms with E-state index >= 15 is 0 Å². The molecule has 0 aliphatic heterocycles. The second kappa shape index (κ2) is 8.03. The fourth-order valence-electron chi connectivity index (χ4n) is 2.10. The molecule has 2 heterocycles. The normalized spacial score (nSPS) is 11.6. The van der Waals surface area contributed by atoms with Crippen LogP contribution in [-0.4, -0.2) is 33.4 Å². The number of thiophene rings is 1. The molecule has 1 aromatic carbocycles. The number of thioether (sulfide) groups is 1. The lowest BCUT2D eigenvalue weighted by molar-refractivity contribution is -0.115. The Morgan fingerprint density at radius 2 is 2.15 bits per heavy atom. The van der Waals surface area contributed by atoms with Crippen molar-refractivity contribution in [3.05, 3.63) is 41.3 Å². The maximum atomic E-state index is 12.3. The molecule has 0 aliphatic carbocycles. The first-order valence-corrected chi connectivity index (χ1v) is 9.38. The van der Waals surface area contributed by atoms with Crippen LogP contribution in [0.3, 0.4) is 0 Å². The summed E-state index contributed by atoms with van der Waals surface area (Å²) in [7, 11) is 1.61. The van der Waals surface area contributed by atoms with Gasteiger partial charge in [-0.2, -0.15) is 5.26 Å². The lowest BCUT2D eigenvalue weighted by atomic mass is 10.2. The Hall–Kier alpha value is -2.83. The van der Waals surface area contributed by atoms with E-state index < -0.39 is 5.25 Å². The van der Waals surface area contributed by atoms with Crippen LogP contribution < -0.4 is 10.1 Å². The van der Waals surface area contributed by atoms with E-state index in [0.717, 1.165) is 11.3 Å². The number of hydrogen-bond acceptors (Lipinski definition) is 7. The van der Waals surface area contributed by atoms with Crippen molar-refractivity contribution in [1.29, 1.82) is 5.26 Å². The smallest absolute Gasteiger partial charge is 0.238 e. The van der Waals surface area contributed by atoms with Crippen molar-refractivity contribution in [3.63, 3.8) is 0 Å². The molecular formula is C17H15N5O2S2. The number of benzene rings is 1. The highest BCUT2D eigenvalue weighted by Crippen LogP contribution is 2.27. The van der Waals surface area contributed by atoms with Gasteiger partial charge in [0.2, 0.25) is 11.1 Å². The first-order valence-electron chi connectivity index (χ1n) is 7.62. The summed E-state index contributed by atoms with van der Waals surface area (Å²) in [5.74, 6) is 1.18. The van der Waals surface area contributed by atoms with Crippen LogP contribution in [0, 0.1) is 11.3 Å². The van der Waals surface area contributed by atoms with E-state index in [1.165, 1.54) is 23.1 Å². The second-order valence-corrected chi connectivity index (χ2v) is 7.44. The first kappa shape index (κ1) is 18.0. The van der Waals surface area contributed by atoms with Gasteiger partial charge in [-0.05, 0) is 42.6 Å². The van der Waals surface area contributed by atoms with Gasteiger partial charge in [0, 0.05) is 5.56 Å². The fourth-order valence-corrected chi connectivity index (χ4v) is 3.56. The van der Waals surface area contributed by atoms with Crippen molar-refractivity contribution < 1.29 is 9.53 Å². The quantitative estimate of drug-likeness (QED) is 0.629. The molecular weight excluding hydrogens is 370 g/mol. The van der Waals surface area contributed by atoms with Gasteiger partial charge >= 0.3 is 0 Å². The number of nitrogens with one attached hydrogen (secondary N) is 2. The summed E-state index contributed by atoms with van der Waals surface area (Å²) in [4.78, 5) is 16.7. The molecule has 0 radical (unpaired) electrons. The predicted molar refractivity (Wildman–Crippen MR) is 101 cm³/mol. The molecule has 2 aromatic heterocycles. The highest BCUT2D eigenvalue weighted by Gasteiger charge is 2.19. The van der Waals surface area contributed by atoms with E-state index in [0.29, 0.717) is 21.5 Å². The van der Waals surface area contributed by atoms with E-state index in [2.05, 4.69) is 20.5 Å². The summed E-state index contributed by atoms with van der Waals surface area (Å²) in [5, 5.41) is 21.2. The van der Waals surface area contributed by atoms with Gasteiger partial charge in [-0.1, -0.05) is 11.8 Å². The average molecular weight is 385 g/mol. The van der Waals surface area contributed by atoms with Gasteiger partial charge in [-0.3, -0.25) is 9.89 Å². The van der Waals surface area contributed by atoms with Crippen LogP contribution in [-0.2, 0) is 4.79 Å². The van der Waals surface area contributed by atoms with Crippen molar-refractivity contribution in [2.75, 3.05) is 12.4 Å². The van der Waals surface area contributed by atoms with E-state index in [1.54, 1.807) is 25.5 Å². The van der Waals surface area contributed by atoms with Gasteiger partial charge in [0.05, 0.1) is 17.9 Å². The third kappa shape index (κ3) is 4.04. The SMILES string of the molecule is COc1ccc(-c2nc(S[C@@H](C)C(=O)Nc3sccc3C#N)n[nH]2)cc1. The number of anilines is 1. The van der Waals surface area contributed by atoms with E-state index in [4.69, 9.17) is 10.00 Å². The van der Waals surface area contributed by atoms with Crippen LogP contribution in [0.15, 0.2) is 40.9 Å². The monoisotopic (exact) mass is 385 g/mol. The van der Waals surface area contributed by atoms with Crippen molar-refractivity contribution in [2.45, 2.75) is 17.3 Å². The van der Waals surface area contributed by atoms with Gasteiger partial charge in [0.25, 0.3) is 0 Å². The van der Waals surface area contributed by atoms with Gasteiger partial charge in [-0.25, -0.2) is 4.98 Å². The van der Waals surface area contributed by atoms with Crippen molar-refractivity contribution in [3.8, 4) is 23.2 Å². The van der Waals surface area contributed by atoms with Crippen molar-refractivity contribution in [2.24, 2.45) is 0 Å². The zero-order valence-electron chi connectivity index (χ0n) is 14.0. The molecule has 3 rings (SSSR count). The summed E-state index contributed by atoms with van der Waals surface area (Å²) in [6.07, 6.45) is 0. The molecule has 0 saturated heterocycles. The topological polar surface area (TPSA) is 104 Å². The van der Waals surface area contributed by atoms with Crippen LogP contribution in [0.1, 0.15) is 12.5 Å². The predicted octanol–water partition coefficient (Wildman–Crippen LogP) is 3.53. The number of amides is 1. The Bertz CT molecular complexity index is 943. The molecule has 1 atom stereocenters. The number of carbonyl (C=O) groups excluding carboxylic acids is 1. The molecule has 9 heteroatoms.